The lowest BCUT2D eigenvalue weighted by Gasteiger charge is -2.50. The molecule has 1 aromatic carbocycles. The van der Waals surface area contributed by atoms with Crippen molar-refractivity contribution in [2.75, 3.05) is 13.1 Å². The minimum Gasteiger partial charge on any atom is -0.462 e. The molecule has 0 bridgehead atoms. The van der Waals surface area contributed by atoms with E-state index in [2.05, 4.69) is 18.8 Å². The van der Waals surface area contributed by atoms with Gasteiger partial charge in [-0.1, -0.05) is 31.2 Å². The van der Waals surface area contributed by atoms with Gasteiger partial charge in [0, 0.05) is 12.5 Å². The van der Waals surface area contributed by atoms with E-state index in [4.69, 9.17) is 4.74 Å². The Bertz CT molecular complexity index is 716. The van der Waals surface area contributed by atoms with Gasteiger partial charge >= 0.3 is 5.97 Å². The van der Waals surface area contributed by atoms with Crippen molar-refractivity contribution in [1.29, 1.82) is 0 Å². The molecule has 4 rings (SSSR count). The van der Waals surface area contributed by atoms with Crippen LogP contribution in [0.2, 0.25) is 0 Å². The second-order valence-corrected chi connectivity index (χ2v) is 8.98. The molecule has 1 saturated heterocycles. The molecule has 2 aliphatic carbocycles. The van der Waals surface area contributed by atoms with Gasteiger partial charge in [-0.15, -0.1) is 0 Å². The molecule has 0 aromatic heterocycles. The minimum absolute atomic E-state index is 0.0351. The zero-order valence-electron chi connectivity index (χ0n) is 16.2. The molecule has 0 spiro atoms. The van der Waals surface area contributed by atoms with Crippen LogP contribution in [0.1, 0.15) is 44.6 Å². The molecule has 1 N–H and O–H groups in total. The van der Waals surface area contributed by atoms with E-state index in [0.29, 0.717) is 18.4 Å². The number of ether oxygens (including phenoxy) is 1. The highest BCUT2D eigenvalue weighted by Gasteiger charge is 2.54. The number of benzene rings is 1. The number of hydrogen-bond donors (Lipinski definition) is 1. The van der Waals surface area contributed by atoms with Crippen molar-refractivity contribution in [1.82, 2.24) is 5.32 Å². The summed E-state index contributed by atoms with van der Waals surface area (Å²) >= 11 is 0. The molecule has 5 atom stereocenters. The van der Waals surface area contributed by atoms with E-state index in [9.17, 15) is 9.18 Å². The number of rotatable bonds is 5. The second kappa shape index (κ2) is 7.38. The first kappa shape index (κ1) is 18.7. The van der Waals surface area contributed by atoms with Crippen LogP contribution in [0.3, 0.4) is 0 Å². The predicted molar refractivity (Wildman–Crippen MR) is 104 cm³/mol. The summed E-state index contributed by atoms with van der Waals surface area (Å²) in [5, 5.41) is 3.43. The molecule has 0 unspecified atom stereocenters. The van der Waals surface area contributed by atoms with Crippen LogP contribution in [-0.2, 0) is 16.0 Å². The lowest BCUT2D eigenvalue weighted by atomic mass is 9.55. The number of hydrogen-bond acceptors (Lipinski definition) is 3. The summed E-state index contributed by atoms with van der Waals surface area (Å²) in [5.41, 5.74) is 2.73. The Balaban J connectivity index is 1.34. The smallest absolute Gasteiger partial charge is 0.310 e. The van der Waals surface area contributed by atoms with E-state index in [1.54, 1.807) is 0 Å². The Morgan fingerprint density at radius 1 is 1.33 bits per heavy atom. The molecule has 2 saturated carbocycles. The second-order valence-electron chi connectivity index (χ2n) is 8.98. The van der Waals surface area contributed by atoms with Crippen molar-refractivity contribution < 1.29 is 13.9 Å². The molecular formula is C23H30FNO2. The average molecular weight is 371 g/mol. The van der Waals surface area contributed by atoms with Crippen LogP contribution in [0.25, 0.3) is 0 Å². The predicted octanol–water partition coefficient (Wildman–Crippen LogP) is 4.27. The summed E-state index contributed by atoms with van der Waals surface area (Å²) in [6.07, 6.45) is 6.49. The summed E-state index contributed by atoms with van der Waals surface area (Å²) in [4.78, 5) is 12.5. The molecular weight excluding hydrogens is 341 g/mol. The topological polar surface area (TPSA) is 38.3 Å². The lowest BCUT2D eigenvalue weighted by molar-refractivity contribution is -0.146. The van der Waals surface area contributed by atoms with E-state index < -0.39 is 0 Å². The first-order valence-electron chi connectivity index (χ1n) is 10.3. The summed E-state index contributed by atoms with van der Waals surface area (Å²) < 4.78 is 18.8. The quantitative estimate of drug-likeness (QED) is 0.477. The maximum absolute atomic E-state index is 13.0. The number of esters is 1. The van der Waals surface area contributed by atoms with Crippen LogP contribution >= 0.6 is 0 Å². The van der Waals surface area contributed by atoms with Gasteiger partial charge in [0.25, 0.3) is 0 Å². The van der Waals surface area contributed by atoms with Gasteiger partial charge in [-0.25, -0.2) is 4.39 Å². The highest BCUT2D eigenvalue weighted by atomic mass is 19.1. The van der Waals surface area contributed by atoms with E-state index >= 15 is 0 Å². The SMILES string of the molecule is C=C1CCC[C@]2(C)C[C@H]3OC(=O)[C@@H](CNCCc4ccc(F)cc4)[C@H]3C[C@@H]12. The highest BCUT2D eigenvalue weighted by Crippen LogP contribution is 2.56. The lowest BCUT2D eigenvalue weighted by Crippen LogP contribution is -2.45. The number of carbonyl (C=O) groups is 1. The number of allylic oxidation sites excluding steroid dienone is 1. The zero-order valence-corrected chi connectivity index (χ0v) is 16.2. The van der Waals surface area contributed by atoms with E-state index in [0.717, 1.165) is 37.8 Å². The van der Waals surface area contributed by atoms with E-state index in [1.807, 2.05) is 12.1 Å². The third kappa shape index (κ3) is 3.69. The van der Waals surface area contributed by atoms with Crippen molar-refractivity contribution in [3.05, 3.63) is 47.8 Å². The van der Waals surface area contributed by atoms with Crippen LogP contribution in [0.15, 0.2) is 36.4 Å². The van der Waals surface area contributed by atoms with Crippen LogP contribution in [-0.4, -0.2) is 25.2 Å². The molecule has 3 fully saturated rings. The van der Waals surface area contributed by atoms with Gasteiger partial charge in [0.15, 0.2) is 0 Å². The fourth-order valence-corrected chi connectivity index (χ4v) is 5.63. The largest absolute Gasteiger partial charge is 0.462 e. The summed E-state index contributed by atoms with van der Waals surface area (Å²) in [5.74, 6) is 0.544. The molecule has 1 heterocycles. The third-order valence-electron chi connectivity index (χ3n) is 7.19. The maximum atomic E-state index is 13.0. The standard InChI is InChI=1S/C23H30FNO2/c1-15-4-3-10-23(2)13-21-18(12-20(15)23)19(22(26)27-21)14-25-11-9-16-5-7-17(24)8-6-16/h5-8,18-21,25H,1,3-4,9-14H2,2H3/t18-,19+,20+,21-,23-/m1/s1. The summed E-state index contributed by atoms with van der Waals surface area (Å²) in [7, 11) is 0. The Labute approximate surface area is 161 Å². The van der Waals surface area contributed by atoms with Crippen LogP contribution in [0, 0.1) is 29.0 Å². The number of carbonyl (C=O) groups excluding carboxylic acids is 1. The van der Waals surface area contributed by atoms with Gasteiger partial charge in [0.2, 0.25) is 0 Å². The van der Waals surface area contributed by atoms with Gasteiger partial charge in [0.05, 0.1) is 5.92 Å². The highest BCUT2D eigenvalue weighted by molar-refractivity contribution is 5.75. The van der Waals surface area contributed by atoms with Crippen molar-refractivity contribution in [3.63, 3.8) is 0 Å². The van der Waals surface area contributed by atoms with Gasteiger partial charge in [-0.05, 0) is 74.1 Å². The van der Waals surface area contributed by atoms with Gasteiger partial charge in [0.1, 0.15) is 11.9 Å². The Morgan fingerprint density at radius 3 is 2.89 bits per heavy atom. The molecule has 1 aliphatic heterocycles. The zero-order chi connectivity index (χ0) is 19.0. The number of nitrogens with one attached hydrogen (secondary N) is 1. The Hall–Kier alpha value is -1.68. The summed E-state index contributed by atoms with van der Waals surface area (Å²) in [6, 6.07) is 6.61. The molecule has 0 radical (unpaired) electrons. The Morgan fingerprint density at radius 2 is 2.11 bits per heavy atom. The molecule has 27 heavy (non-hydrogen) atoms. The minimum atomic E-state index is -0.208. The van der Waals surface area contributed by atoms with Crippen molar-refractivity contribution in [2.24, 2.45) is 23.2 Å². The summed E-state index contributed by atoms with van der Waals surface area (Å²) in [6.45, 7) is 8.15. The van der Waals surface area contributed by atoms with Crippen molar-refractivity contribution in [3.8, 4) is 0 Å². The molecule has 4 heteroatoms. The molecule has 3 nitrogen and oxygen atoms in total. The number of halogens is 1. The first-order valence-corrected chi connectivity index (χ1v) is 10.3. The Kier molecular flexibility index (Phi) is 5.11. The van der Waals surface area contributed by atoms with Crippen LogP contribution < -0.4 is 5.32 Å². The van der Waals surface area contributed by atoms with Gasteiger partial charge in [-0.2, -0.15) is 0 Å². The fourth-order valence-electron chi connectivity index (χ4n) is 5.63. The van der Waals surface area contributed by atoms with Crippen molar-refractivity contribution in [2.45, 2.75) is 51.6 Å². The average Bonchev–Trinajstić information content (AvgIpc) is 2.92. The molecule has 0 amide bonds. The van der Waals surface area contributed by atoms with Crippen molar-refractivity contribution >= 4 is 5.97 Å². The molecule has 3 aliphatic rings. The monoisotopic (exact) mass is 371 g/mol. The number of fused-ring (bicyclic) bond motifs is 2. The normalized spacial score (nSPS) is 35.5. The van der Waals surface area contributed by atoms with E-state index in [-0.39, 0.29) is 29.2 Å². The van der Waals surface area contributed by atoms with Crippen LogP contribution in [0.5, 0.6) is 0 Å². The maximum Gasteiger partial charge on any atom is 0.310 e. The fraction of sp³-hybridized carbons (Fsp3) is 0.609. The third-order valence-corrected chi connectivity index (χ3v) is 7.19. The molecule has 1 aromatic rings. The van der Waals surface area contributed by atoms with Crippen LogP contribution in [0.4, 0.5) is 4.39 Å². The first-order chi connectivity index (χ1) is 13.0. The van der Waals surface area contributed by atoms with Gasteiger partial charge < -0.3 is 10.1 Å². The molecule has 146 valence electrons. The van der Waals surface area contributed by atoms with Gasteiger partial charge in [-0.3, -0.25) is 4.79 Å². The van der Waals surface area contributed by atoms with E-state index in [1.165, 1.54) is 30.5 Å².